The van der Waals surface area contributed by atoms with Crippen LogP contribution in [0.2, 0.25) is 0 Å². The second kappa shape index (κ2) is 11.6. The first-order chi connectivity index (χ1) is 16.2. The van der Waals surface area contributed by atoms with E-state index in [1.807, 2.05) is 30.3 Å². The highest BCUT2D eigenvalue weighted by Crippen LogP contribution is 2.28. The zero-order valence-corrected chi connectivity index (χ0v) is 19.6. The van der Waals surface area contributed by atoms with Gasteiger partial charge in [-0.15, -0.1) is 0 Å². The molecule has 0 saturated carbocycles. The van der Waals surface area contributed by atoms with Crippen molar-refractivity contribution in [3.63, 3.8) is 0 Å². The summed E-state index contributed by atoms with van der Waals surface area (Å²) in [7, 11) is 1.74. The Labute approximate surface area is 197 Å². The van der Waals surface area contributed by atoms with Gasteiger partial charge in [0.15, 0.2) is 0 Å². The number of piperazine rings is 1. The fraction of sp³-hybridized carbons (Fsp3) is 0.357. The van der Waals surface area contributed by atoms with Gasteiger partial charge in [-0.2, -0.15) is 0 Å². The predicted molar refractivity (Wildman–Crippen MR) is 136 cm³/mol. The summed E-state index contributed by atoms with van der Waals surface area (Å²) < 4.78 is 11.5. The number of rotatable bonds is 10. The van der Waals surface area contributed by atoms with E-state index >= 15 is 0 Å². The molecule has 3 aromatic rings. The molecule has 0 amide bonds. The van der Waals surface area contributed by atoms with Crippen molar-refractivity contribution in [2.24, 2.45) is 0 Å². The van der Waals surface area contributed by atoms with Crippen LogP contribution in [0.3, 0.4) is 0 Å². The van der Waals surface area contributed by atoms with E-state index in [1.165, 1.54) is 11.3 Å². The topological polar surface area (TPSA) is 51.0 Å². The average molecular weight is 446 g/mol. The summed E-state index contributed by atoms with van der Waals surface area (Å²) >= 11 is 0. The molecule has 1 heterocycles. The molecular weight excluding hydrogens is 410 g/mol. The first-order valence-corrected chi connectivity index (χ1v) is 11.9. The Kier molecular flexibility index (Phi) is 8.09. The van der Waals surface area contributed by atoms with Crippen molar-refractivity contribution >= 4 is 11.4 Å². The SMILES string of the molecule is COc1ccccc1N1CCN(CCCCOc2ccc(Cc3ccccc3N)cc2)CC1. The number of nitrogens with zero attached hydrogens (tertiary/aromatic N) is 2. The van der Waals surface area contributed by atoms with Gasteiger partial charge in [-0.25, -0.2) is 0 Å². The molecule has 0 radical (unpaired) electrons. The van der Waals surface area contributed by atoms with E-state index in [1.54, 1.807) is 7.11 Å². The Balaban J connectivity index is 1.13. The lowest BCUT2D eigenvalue weighted by Gasteiger charge is -2.36. The zero-order valence-electron chi connectivity index (χ0n) is 19.6. The maximum absolute atomic E-state index is 6.06. The molecule has 0 bridgehead atoms. The van der Waals surface area contributed by atoms with E-state index in [9.17, 15) is 0 Å². The molecule has 1 saturated heterocycles. The molecular formula is C28H35N3O2. The lowest BCUT2D eigenvalue weighted by atomic mass is 10.0. The molecule has 1 fully saturated rings. The molecule has 3 aromatic carbocycles. The number of benzene rings is 3. The van der Waals surface area contributed by atoms with Crippen molar-refractivity contribution in [3.8, 4) is 11.5 Å². The van der Waals surface area contributed by atoms with Crippen molar-refractivity contribution in [2.45, 2.75) is 19.3 Å². The summed E-state index contributed by atoms with van der Waals surface area (Å²) in [5, 5.41) is 0. The summed E-state index contributed by atoms with van der Waals surface area (Å²) in [5.74, 6) is 1.89. The Morgan fingerprint density at radius 2 is 1.55 bits per heavy atom. The van der Waals surface area contributed by atoms with Crippen LogP contribution in [0.15, 0.2) is 72.8 Å². The monoisotopic (exact) mass is 445 g/mol. The smallest absolute Gasteiger partial charge is 0.142 e. The number of hydrogen-bond acceptors (Lipinski definition) is 5. The summed E-state index contributed by atoms with van der Waals surface area (Å²) in [6.45, 7) is 6.14. The van der Waals surface area contributed by atoms with Gasteiger partial charge >= 0.3 is 0 Å². The molecule has 0 unspecified atom stereocenters. The number of para-hydroxylation sites is 3. The van der Waals surface area contributed by atoms with Gasteiger partial charge in [0.05, 0.1) is 19.4 Å². The van der Waals surface area contributed by atoms with E-state index in [2.05, 4.69) is 52.3 Å². The first kappa shape index (κ1) is 23.0. The van der Waals surface area contributed by atoms with Crippen LogP contribution in [0.5, 0.6) is 11.5 Å². The van der Waals surface area contributed by atoms with E-state index in [0.717, 1.165) is 81.3 Å². The second-order valence-corrected chi connectivity index (χ2v) is 8.58. The normalized spacial score (nSPS) is 14.3. The third-order valence-corrected chi connectivity index (χ3v) is 6.31. The summed E-state index contributed by atoms with van der Waals surface area (Å²) in [6, 6.07) is 24.7. The van der Waals surface area contributed by atoms with Gasteiger partial charge < -0.3 is 20.1 Å². The number of methoxy groups -OCH3 is 1. The minimum atomic E-state index is 0.756. The van der Waals surface area contributed by atoms with E-state index in [-0.39, 0.29) is 0 Å². The number of ether oxygens (including phenoxy) is 2. The lowest BCUT2D eigenvalue weighted by Crippen LogP contribution is -2.46. The molecule has 1 aliphatic rings. The van der Waals surface area contributed by atoms with Crippen LogP contribution >= 0.6 is 0 Å². The van der Waals surface area contributed by atoms with Gasteiger partial charge in [-0.3, -0.25) is 4.90 Å². The van der Waals surface area contributed by atoms with Gasteiger partial charge in [-0.1, -0.05) is 42.5 Å². The van der Waals surface area contributed by atoms with Crippen molar-refractivity contribution in [2.75, 3.05) is 57.1 Å². The largest absolute Gasteiger partial charge is 0.495 e. The number of hydrogen-bond donors (Lipinski definition) is 1. The van der Waals surface area contributed by atoms with Crippen LogP contribution in [-0.4, -0.2) is 51.3 Å². The summed E-state index contributed by atoms with van der Waals surface area (Å²) in [6.07, 6.45) is 3.06. The third-order valence-electron chi connectivity index (χ3n) is 6.31. The fourth-order valence-corrected chi connectivity index (χ4v) is 4.35. The number of anilines is 2. The Hall–Kier alpha value is -3.18. The molecule has 174 valence electrons. The molecule has 2 N–H and O–H groups in total. The van der Waals surface area contributed by atoms with Gasteiger partial charge in [0.2, 0.25) is 0 Å². The molecule has 0 aliphatic carbocycles. The number of nitrogens with two attached hydrogens (primary N) is 1. The molecule has 4 rings (SSSR count). The molecule has 33 heavy (non-hydrogen) atoms. The molecule has 0 aromatic heterocycles. The van der Waals surface area contributed by atoms with Gasteiger partial charge in [0.25, 0.3) is 0 Å². The highest BCUT2D eigenvalue weighted by molar-refractivity contribution is 5.58. The van der Waals surface area contributed by atoms with Gasteiger partial charge in [0.1, 0.15) is 11.5 Å². The van der Waals surface area contributed by atoms with Crippen molar-refractivity contribution in [1.82, 2.24) is 4.90 Å². The maximum atomic E-state index is 6.06. The second-order valence-electron chi connectivity index (χ2n) is 8.58. The highest BCUT2D eigenvalue weighted by atomic mass is 16.5. The lowest BCUT2D eigenvalue weighted by molar-refractivity contribution is 0.238. The van der Waals surface area contributed by atoms with Crippen molar-refractivity contribution < 1.29 is 9.47 Å². The average Bonchev–Trinajstić information content (AvgIpc) is 2.86. The number of unbranched alkanes of at least 4 members (excludes halogenated alkanes) is 1. The van der Waals surface area contributed by atoms with E-state index in [0.29, 0.717) is 0 Å². The first-order valence-electron chi connectivity index (χ1n) is 11.9. The van der Waals surface area contributed by atoms with E-state index < -0.39 is 0 Å². The quantitative estimate of drug-likeness (QED) is 0.357. The minimum Gasteiger partial charge on any atom is -0.495 e. The van der Waals surface area contributed by atoms with Crippen LogP contribution in [0, 0.1) is 0 Å². The molecule has 5 heteroatoms. The maximum Gasteiger partial charge on any atom is 0.142 e. The minimum absolute atomic E-state index is 0.756. The third kappa shape index (κ3) is 6.42. The fourth-order valence-electron chi connectivity index (χ4n) is 4.35. The summed E-state index contributed by atoms with van der Waals surface area (Å²) in [4.78, 5) is 4.98. The Morgan fingerprint density at radius 3 is 2.30 bits per heavy atom. The van der Waals surface area contributed by atoms with E-state index in [4.69, 9.17) is 15.2 Å². The van der Waals surface area contributed by atoms with Gasteiger partial charge in [0, 0.05) is 31.9 Å². The van der Waals surface area contributed by atoms with Crippen LogP contribution < -0.4 is 20.1 Å². The van der Waals surface area contributed by atoms with Crippen LogP contribution in [0.1, 0.15) is 24.0 Å². The van der Waals surface area contributed by atoms with Crippen LogP contribution in [0.4, 0.5) is 11.4 Å². The number of nitrogen functional groups attached to an aromatic ring is 1. The molecule has 0 atom stereocenters. The van der Waals surface area contributed by atoms with Gasteiger partial charge in [-0.05, 0) is 67.3 Å². The zero-order chi connectivity index (χ0) is 22.9. The predicted octanol–water partition coefficient (Wildman–Crippen LogP) is 4.85. The van der Waals surface area contributed by atoms with Crippen LogP contribution in [-0.2, 0) is 6.42 Å². The summed E-state index contributed by atoms with van der Waals surface area (Å²) in [5.41, 5.74) is 10.5. The Morgan fingerprint density at radius 1 is 0.818 bits per heavy atom. The van der Waals surface area contributed by atoms with Crippen molar-refractivity contribution in [3.05, 3.63) is 83.9 Å². The standard InChI is InChI=1S/C28H35N3O2/c1-32-28-11-5-4-10-27(28)31-19-17-30(18-20-31)16-6-7-21-33-25-14-12-23(13-15-25)22-24-8-2-3-9-26(24)29/h2-5,8-15H,6-7,16-22,29H2,1H3. The molecule has 5 nitrogen and oxygen atoms in total. The molecule has 1 aliphatic heterocycles. The molecule has 0 spiro atoms. The van der Waals surface area contributed by atoms with Crippen molar-refractivity contribution in [1.29, 1.82) is 0 Å². The Bertz CT molecular complexity index is 998. The highest BCUT2D eigenvalue weighted by Gasteiger charge is 2.19. The van der Waals surface area contributed by atoms with Crippen LogP contribution in [0.25, 0.3) is 0 Å².